The van der Waals surface area contributed by atoms with Crippen LogP contribution in [-0.2, 0) is 24.7 Å². The predicted molar refractivity (Wildman–Crippen MR) is 166 cm³/mol. The Hall–Kier alpha value is -3.47. The van der Waals surface area contributed by atoms with Crippen LogP contribution in [0.1, 0.15) is 50.1 Å². The molecule has 0 bridgehead atoms. The zero-order chi connectivity index (χ0) is 30.2. The topological polar surface area (TPSA) is 149 Å². The summed E-state index contributed by atoms with van der Waals surface area (Å²) in [5.74, 6) is -0.525. The van der Waals surface area contributed by atoms with E-state index in [1.54, 1.807) is 18.2 Å². The largest absolute Gasteiger partial charge is 0.369 e. The highest BCUT2D eigenvalue weighted by Crippen LogP contribution is 2.46. The van der Waals surface area contributed by atoms with Crippen molar-refractivity contribution in [2.75, 3.05) is 34.2 Å². The third-order valence-corrected chi connectivity index (χ3v) is 12.7. The fourth-order valence-electron chi connectivity index (χ4n) is 5.89. The number of hydrogen-bond donors (Lipinski definition) is 2. The molecule has 2 saturated carbocycles. The average molecular weight is 640 g/mol. The maximum atomic E-state index is 13.5. The highest BCUT2D eigenvalue weighted by atomic mass is 32.2. The molecule has 13 heteroatoms. The molecule has 1 aromatic heterocycles. The Morgan fingerprint density at radius 2 is 1.70 bits per heavy atom. The van der Waals surface area contributed by atoms with Gasteiger partial charge < -0.3 is 10.2 Å². The van der Waals surface area contributed by atoms with E-state index in [-0.39, 0.29) is 39.3 Å². The van der Waals surface area contributed by atoms with Crippen LogP contribution in [-0.4, -0.2) is 57.9 Å². The first-order valence-electron chi connectivity index (χ1n) is 14.5. The maximum absolute atomic E-state index is 13.5. The van der Waals surface area contributed by atoms with Crippen LogP contribution in [0.2, 0.25) is 0 Å². The minimum atomic E-state index is -3.88. The van der Waals surface area contributed by atoms with Gasteiger partial charge in [-0.15, -0.1) is 0 Å². The van der Waals surface area contributed by atoms with E-state index in [0.29, 0.717) is 38.0 Å². The Balaban J connectivity index is 1.34. The Morgan fingerprint density at radius 3 is 2.35 bits per heavy atom. The number of aromatic nitrogens is 1. The number of nitriles is 1. The smallest absolute Gasteiger partial charge is 0.263 e. The van der Waals surface area contributed by atoms with Gasteiger partial charge in [0.2, 0.25) is 5.91 Å². The van der Waals surface area contributed by atoms with Crippen LogP contribution in [0.4, 0.5) is 10.8 Å². The second kappa shape index (κ2) is 11.6. The molecule has 1 aliphatic heterocycles. The number of thiazole rings is 1. The number of sulfone groups is 1. The number of anilines is 2. The molecule has 2 aromatic carbocycles. The monoisotopic (exact) mass is 639 g/mol. The van der Waals surface area contributed by atoms with Gasteiger partial charge in [0.1, 0.15) is 5.54 Å². The van der Waals surface area contributed by atoms with Crippen molar-refractivity contribution in [2.24, 2.45) is 5.92 Å². The normalized spacial score (nSPS) is 22.7. The highest BCUT2D eigenvalue weighted by Gasteiger charge is 2.47. The van der Waals surface area contributed by atoms with Crippen molar-refractivity contribution in [3.8, 4) is 16.5 Å². The number of amides is 1. The van der Waals surface area contributed by atoms with Crippen LogP contribution in [0.15, 0.2) is 59.5 Å². The lowest BCUT2D eigenvalue weighted by atomic mass is 9.76. The van der Waals surface area contributed by atoms with E-state index in [1.807, 2.05) is 29.2 Å². The molecule has 2 N–H and O–H groups in total. The van der Waals surface area contributed by atoms with Crippen LogP contribution >= 0.6 is 11.3 Å². The number of hydrogen-bond acceptors (Lipinski definition) is 9. The fraction of sp³-hybridized carbons (Fsp3) is 0.433. The second-order valence-corrected chi connectivity index (χ2v) is 16.5. The minimum absolute atomic E-state index is 0.122. The van der Waals surface area contributed by atoms with Crippen molar-refractivity contribution >= 4 is 47.9 Å². The predicted octanol–water partition coefficient (Wildman–Crippen LogP) is 4.29. The first-order chi connectivity index (χ1) is 20.6. The van der Waals surface area contributed by atoms with Gasteiger partial charge in [-0.05, 0) is 55.5 Å². The van der Waals surface area contributed by atoms with Crippen LogP contribution in [0, 0.1) is 17.2 Å². The van der Waals surface area contributed by atoms with Crippen molar-refractivity contribution in [2.45, 2.75) is 54.9 Å². The summed E-state index contributed by atoms with van der Waals surface area (Å²) in [7, 11) is -6.88. The zero-order valence-corrected chi connectivity index (χ0v) is 26.0. The quantitative estimate of drug-likeness (QED) is 0.371. The lowest BCUT2D eigenvalue weighted by Crippen LogP contribution is -2.42. The van der Waals surface area contributed by atoms with E-state index < -0.39 is 25.4 Å². The SMILES string of the molecule is N#CC1(NC(=O)[C@@H]2CCCC[C@H]2c2nc(NS(=O)(=O)c3ccccc3)sc2-c2ccc(N3CCS(=O)(=O)CC3)cc2)CC1. The summed E-state index contributed by atoms with van der Waals surface area (Å²) >= 11 is 1.23. The summed E-state index contributed by atoms with van der Waals surface area (Å²) in [6, 6.07) is 18.1. The number of carbonyl (C=O) groups is 1. The van der Waals surface area contributed by atoms with Gasteiger partial charge in [0, 0.05) is 30.6 Å². The van der Waals surface area contributed by atoms with E-state index in [4.69, 9.17) is 4.98 Å². The summed E-state index contributed by atoms with van der Waals surface area (Å²) in [6.07, 6.45) is 4.49. The number of benzene rings is 2. The van der Waals surface area contributed by atoms with E-state index in [1.165, 1.54) is 23.5 Å². The Bertz CT molecular complexity index is 1750. The van der Waals surface area contributed by atoms with E-state index >= 15 is 0 Å². The van der Waals surface area contributed by atoms with Gasteiger partial charge in [0.05, 0.1) is 33.0 Å². The van der Waals surface area contributed by atoms with Gasteiger partial charge in [-0.1, -0.05) is 54.5 Å². The van der Waals surface area contributed by atoms with Gasteiger partial charge in [-0.3, -0.25) is 9.52 Å². The number of rotatable bonds is 8. The zero-order valence-electron chi connectivity index (χ0n) is 23.5. The minimum Gasteiger partial charge on any atom is -0.369 e. The van der Waals surface area contributed by atoms with Crippen molar-refractivity contribution in [3.63, 3.8) is 0 Å². The molecule has 3 aromatic rings. The van der Waals surface area contributed by atoms with E-state index in [2.05, 4.69) is 16.1 Å². The lowest BCUT2D eigenvalue weighted by Gasteiger charge is -2.31. The molecule has 226 valence electrons. The molecule has 3 fully saturated rings. The lowest BCUT2D eigenvalue weighted by molar-refractivity contribution is -0.127. The molecule has 1 amide bonds. The second-order valence-electron chi connectivity index (χ2n) is 11.5. The summed E-state index contributed by atoms with van der Waals surface area (Å²) < 4.78 is 52.8. The van der Waals surface area contributed by atoms with Crippen molar-refractivity contribution in [3.05, 3.63) is 60.3 Å². The molecule has 43 heavy (non-hydrogen) atoms. The average Bonchev–Trinajstić information content (AvgIpc) is 3.67. The third-order valence-electron chi connectivity index (χ3n) is 8.55. The van der Waals surface area contributed by atoms with Gasteiger partial charge in [0.25, 0.3) is 10.0 Å². The number of sulfonamides is 1. The molecular formula is C30H33N5O5S3. The summed E-state index contributed by atoms with van der Waals surface area (Å²) in [4.78, 5) is 21.3. The molecule has 1 saturated heterocycles. The molecule has 0 spiro atoms. The first-order valence-corrected chi connectivity index (χ1v) is 18.6. The summed E-state index contributed by atoms with van der Waals surface area (Å²) in [6.45, 7) is 0.865. The third kappa shape index (κ3) is 6.41. The molecule has 2 atom stereocenters. The van der Waals surface area contributed by atoms with Crippen LogP contribution in [0.25, 0.3) is 10.4 Å². The summed E-state index contributed by atoms with van der Waals surface area (Å²) in [5, 5.41) is 12.8. The van der Waals surface area contributed by atoms with Crippen molar-refractivity contribution < 1.29 is 21.6 Å². The number of nitrogens with one attached hydrogen (secondary N) is 2. The molecule has 2 heterocycles. The highest BCUT2D eigenvalue weighted by molar-refractivity contribution is 7.93. The fourth-order valence-corrected chi connectivity index (χ4v) is 9.39. The first kappa shape index (κ1) is 29.6. The number of carbonyl (C=O) groups excluding carboxylic acids is 1. The molecule has 6 rings (SSSR count). The van der Waals surface area contributed by atoms with Crippen LogP contribution in [0.3, 0.4) is 0 Å². The molecule has 0 unspecified atom stereocenters. The van der Waals surface area contributed by atoms with E-state index in [9.17, 15) is 26.9 Å². The molecular weight excluding hydrogens is 607 g/mol. The molecule has 0 radical (unpaired) electrons. The van der Waals surface area contributed by atoms with Gasteiger partial charge in [-0.2, -0.15) is 5.26 Å². The van der Waals surface area contributed by atoms with Crippen molar-refractivity contribution in [1.82, 2.24) is 10.3 Å². The van der Waals surface area contributed by atoms with Crippen LogP contribution < -0.4 is 14.9 Å². The molecule has 3 aliphatic rings. The van der Waals surface area contributed by atoms with E-state index in [0.717, 1.165) is 35.4 Å². The van der Waals surface area contributed by atoms with Gasteiger partial charge in [0.15, 0.2) is 15.0 Å². The Morgan fingerprint density at radius 1 is 1.02 bits per heavy atom. The van der Waals surface area contributed by atoms with Crippen LogP contribution in [0.5, 0.6) is 0 Å². The Labute approximate surface area is 256 Å². The van der Waals surface area contributed by atoms with Crippen molar-refractivity contribution in [1.29, 1.82) is 5.26 Å². The maximum Gasteiger partial charge on any atom is 0.263 e. The standard InChI is InChI=1S/C30H33N5O5S3/c31-20-30(14-15-30)33-28(36)25-9-5-4-8-24(25)26-27(41-29(32-26)34-43(39,40)23-6-2-1-3-7-23)21-10-12-22(13-11-21)35-16-18-42(37,38)19-17-35/h1-3,6-7,10-13,24-25H,4-5,8-9,14-19H2,(H,32,34)(H,33,36)/t24-,25-/m1/s1. The molecule has 10 nitrogen and oxygen atoms in total. The number of nitrogens with zero attached hydrogens (tertiary/aromatic N) is 3. The summed E-state index contributed by atoms with van der Waals surface area (Å²) in [5.41, 5.74) is 1.65. The van der Waals surface area contributed by atoms with Gasteiger partial charge >= 0.3 is 0 Å². The Kier molecular flexibility index (Phi) is 7.95. The molecule has 2 aliphatic carbocycles. The van der Waals surface area contributed by atoms with Gasteiger partial charge in [-0.25, -0.2) is 21.8 Å².